The van der Waals surface area contributed by atoms with Gasteiger partial charge in [-0.15, -0.1) is 11.8 Å². The summed E-state index contributed by atoms with van der Waals surface area (Å²) in [6, 6.07) is 12.3. The quantitative estimate of drug-likeness (QED) is 0.441. The van der Waals surface area contributed by atoms with Crippen molar-refractivity contribution in [1.82, 2.24) is 10.1 Å². The molecule has 0 saturated carbocycles. The molecule has 1 heterocycles. The summed E-state index contributed by atoms with van der Waals surface area (Å²) in [5.74, 6) is -0.0575. The highest BCUT2D eigenvalue weighted by atomic mass is 35.5. The number of rotatable bonds is 5. The van der Waals surface area contributed by atoms with Gasteiger partial charge in [0.05, 0.1) is 15.6 Å². The van der Waals surface area contributed by atoms with Gasteiger partial charge in [0.2, 0.25) is 5.82 Å². The molecule has 128 valence electrons. The predicted molar refractivity (Wildman–Crippen MR) is 97.1 cm³/mol. The molecule has 0 atom stereocenters. The standard InChI is InChI=1S/C17H12Cl2N2O3S/c1-25-10-6-7-14(19)12(8-10)17(22)23-9-15-20-16(21-24-15)11-4-2-3-5-13(11)18/h2-8H,9H2,1H3. The second-order valence-corrected chi connectivity index (χ2v) is 6.61. The number of halogens is 2. The summed E-state index contributed by atoms with van der Waals surface area (Å²) in [6.07, 6.45) is 1.91. The molecule has 0 radical (unpaired) electrons. The van der Waals surface area contributed by atoms with Crippen molar-refractivity contribution in [1.29, 1.82) is 0 Å². The first-order chi connectivity index (χ1) is 12.1. The lowest BCUT2D eigenvalue weighted by Crippen LogP contribution is -2.06. The van der Waals surface area contributed by atoms with E-state index in [0.717, 1.165) is 4.90 Å². The van der Waals surface area contributed by atoms with Gasteiger partial charge in [0.15, 0.2) is 6.61 Å². The van der Waals surface area contributed by atoms with Crippen LogP contribution in [0.1, 0.15) is 16.2 Å². The zero-order valence-corrected chi connectivity index (χ0v) is 15.4. The van der Waals surface area contributed by atoms with E-state index in [-0.39, 0.29) is 12.5 Å². The predicted octanol–water partition coefficient (Wildman–Crippen LogP) is 5.12. The molecule has 0 bridgehead atoms. The number of carbonyl (C=O) groups excluding carboxylic acids is 1. The number of benzene rings is 2. The summed E-state index contributed by atoms with van der Waals surface area (Å²) in [6.45, 7) is -0.157. The fraction of sp³-hybridized carbons (Fsp3) is 0.118. The molecule has 0 amide bonds. The Kier molecular flexibility index (Phi) is 5.63. The highest BCUT2D eigenvalue weighted by Gasteiger charge is 2.16. The first-order valence-corrected chi connectivity index (χ1v) is 9.14. The molecule has 0 N–H and O–H groups in total. The third kappa shape index (κ3) is 4.15. The average molecular weight is 395 g/mol. The second-order valence-electron chi connectivity index (χ2n) is 4.91. The van der Waals surface area contributed by atoms with Crippen molar-refractivity contribution >= 4 is 40.9 Å². The van der Waals surface area contributed by atoms with Gasteiger partial charge < -0.3 is 9.26 Å². The molecule has 5 nitrogen and oxygen atoms in total. The Bertz CT molecular complexity index is 914. The lowest BCUT2D eigenvalue weighted by molar-refractivity contribution is 0.0429. The third-order valence-corrected chi connectivity index (χ3v) is 4.69. The van der Waals surface area contributed by atoms with Crippen LogP contribution in [0.5, 0.6) is 0 Å². The number of nitrogens with zero attached hydrogens (tertiary/aromatic N) is 2. The molecular formula is C17H12Cl2N2O3S. The van der Waals surface area contributed by atoms with Gasteiger partial charge in [0.25, 0.3) is 5.89 Å². The van der Waals surface area contributed by atoms with Crippen LogP contribution in [0, 0.1) is 0 Å². The third-order valence-electron chi connectivity index (χ3n) is 3.30. The van der Waals surface area contributed by atoms with Crippen LogP contribution in [-0.4, -0.2) is 22.4 Å². The van der Waals surface area contributed by atoms with Crippen LogP contribution >= 0.6 is 35.0 Å². The summed E-state index contributed by atoms with van der Waals surface area (Å²) in [7, 11) is 0. The van der Waals surface area contributed by atoms with E-state index < -0.39 is 5.97 Å². The molecule has 0 unspecified atom stereocenters. The molecule has 0 aliphatic carbocycles. The van der Waals surface area contributed by atoms with E-state index in [0.29, 0.717) is 27.0 Å². The number of thioether (sulfide) groups is 1. The highest BCUT2D eigenvalue weighted by molar-refractivity contribution is 7.98. The zero-order chi connectivity index (χ0) is 17.8. The van der Waals surface area contributed by atoms with Gasteiger partial charge in [-0.3, -0.25) is 0 Å². The van der Waals surface area contributed by atoms with Gasteiger partial charge in [-0.25, -0.2) is 4.79 Å². The Labute approximate surface area is 158 Å². The Morgan fingerprint density at radius 1 is 1.20 bits per heavy atom. The van der Waals surface area contributed by atoms with E-state index >= 15 is 0 Å². The summed E-state index contributed by atoms with van der Waals surface area (Å²) in [5, 5.41) is 4.68. The topological polar surface area (TPSA) is 65.2 Å². The number of esters is 1. The summed E-state index contributed by atoms with van der Waals surface area (Å²) < 4.78 is 10.3. The van der Waals surface area contributed by atoms with Crippen LogP contribution in [0.3, 0.4) is 0 Å². The minimum Gasteiger partial charge on any atom is -0.452 e. The van der Waals surface area contributed by atoms with Gasteiger partial charge in [0, 0.05) is 10.5 Å². The van der Waals surface area contributed by atoms with Crippen molar-refractivity contribution in [3.05, 3.63) is 64.0 Å². The summed E-state index contributed by atoms with van der Waals surface area (Å²) in [5.41, 5.74) is 0.931. The Morgan fingerprint density at radius 2 is 2.00 bits per heavy atom. The normalized spacial score (nSPS) is 10.7. The van der Waals surface area contributed by atoms with E-state index in [4.69, 9.17) is 32.5 Å². The molecule has 3 aromatic rings. The zero-order valence-electron chi connectivity index (χ0n) is 13.0. The largest absolute Gasteiger partial charge is 0.452 e. The number of carbonyl (C=O) groups is 1. The first-order valence-electron chi connectivity index (χ1n) is 7.16. The van der Waals surface area contributed by atoms with Gasteiger partial charge in [0.1, 0.15) is 0 Å². The van der Waals surface area contributed by atoms with Crippen molar-refractivity contribution in [2.24, 2.45) is 0 Å². The van der Waals surface area contributed by atoms with Crippen molar-refractivity contribution in [3.8, 4) is 11.4 Å². The Hall–Kier alpha value is -2.02. The Balaban J connectivity index is 1.70. The molecule has 0 aliphatic heterocycles. The van der Waals surface area contributed by atoms with E-state index in [9.17, 15) is 4.79 Å². The molecule has 0 aliphatic rings. The van der Waals surface area contributed by atoms with Crippen molar-refractivity contribution < 1.29 is 14.1 Å². The van der Waals surface area contributed by atoms with Crippen molar-refractivity contribution in [2.75, 3.05) is 6.26 Å². The van der Waals surface area contributed by atoms with Gasteiger partial charge in [-0.1, -0.05) is 40.5 Å². The van der Waals surface area contributed by atoms with Crippen LogP contribution < -0.4 is 0 Å². The lowest BCUT2D eigenvalue weighted by atomic mass is 10.2. The van der Waals surface area contributed by atoms with Crippen LogP contribution in [0.25, 0.3) is 11.4 Å². The fourth-order valence-corrected chi connectivity index (χ4v) is 2.91. The fourth-order valence-electron chi connectivity index (χ4n) is 2.06. The van der Waals surface area contributed by atoms with E-state index in [1.165, 1.54) is 11.8 Å². The number of ether oxygens (including phenoxy) is 1. The van der Waals surface area contributed by atoms with E-state index in [1.807, 2.05) is 18.4 Å². The first kappa shape index (κ1) is 17.8. The van der Waals surface area contributed by atoms with Crippen LogP contribution in [-0.2, 0) is 11.3 Å². The second kappa shape index (κ2) is 7.91. The van der Waals surface area contributed by atoms with Gasteiger partial charge in [-0.2, -0.15) is 4.98 Å². The van der Waals surface area contributed by atoms with Crippen molar-refractivity contribution in [3.63, 3.8) is 0 Å². The summed E-state index contributed by atoms with van der Waals surface area (Å²) >= 11 is 13.7. The molecule has 1 aromatic heterocycles. The number of aromatic nitrogens is 2. The highest BCUT2D eigenvalue weighted by Crippen LogP contribution is 2.26. The van der Waals surface area contributed by atoms with E-state index in [2.05, 4.69) is 10.1 Å². The maximum Gasteiger partial charge on any atom is 0.340 e. The molecule has 0 saturated heterocycles. The SMILES string of the molecule is CSc1ccc(Cl)c(C(=O)OCc2nc(-c3ccccc3Cl)no2)c1. The number of hydrogen-bond acceptors (Lipinski definition) is 6. The summed E-state index contributed by atoms with van der Waals surface area (Å²) in [4.78, 5) is 17.3. The smallest absolute Gasteiger partial charge is 0.340 e. The van der Waals surface area contributed by atoms with Gasteiger partial charge in [-0.05, 0) is 36.6 Å². The van der Waals surface area contributed by atoms with Crippen LogP contribution in [0.4, 0.5) is 0 Å². The minimum absolute atomic E-state index is 0.157. The minimum atomic E-state index is -0.557. The molecule has 2 aromatic carbocycles. The number of hydrogen-bond donors (Lipinski definition) is 0. The van der Waals surface area contributed by atoms with Crippen LogP contribution in [0.2, 0.25) is 10.0 Å². The molecular weight excluding hydrogens is 383 g/mol. The Morgan fingerprint density at radius 3 is 2.76 bits per heavy atom. The molecule has 3 rings (SSSR count). The molecule has 8 heteroatoms. The average Bonchev–Trinajstić information content (AvgIpc) is 3.09. The van der Waals surface area contributed by atoms with Crippen molar-refractivity contribution in [2.45, 2.75) is 11.5 Å². The molecule has 25 heavy (non-hydrogen) atoms. The maximum atomic E-state index is 12.2. The van der Waals surface area contributed by atoms with Crippen LogP contribution in [0.15, 0.2) is 51.9 Å². The maximum absolute atomic E-state index is 12.2. The van der Waals surface area contributed by atoms with Gasteiger partial charge >= 0.3 is 5.97 Å². The monoisotopic (exact) mass is 394 g/mol. The van der Waals surface area contributed by atoms with E-state index in [1.54, 1.807) is 30.3 Å². The molecule has 0 fully saturated rings. The molecule has 0 spiro atoms. The lowest BCUT2D eigenvalue weighted by Gasteiger charge is -2.05.